The van der Waals surface area contributed by atoms with Crippen LogP contribution in [0, 0.1) is 5.82 Å². The molecule has 0 spiro atoms. The third-order valence-corrected chi connectivity index (χ3v) is 3.17. The van der Waals surface area contributed by atoms with Crippen molar-refractivity contribution in [1.82, 2.24) is 5.32 Å². The summed E-state index contributed by atoms with van der Waals surface area (Å²) in [6.07, 6.45) is 0. The molecule has 7 heteroatoms. The van der Waals surface area contributed by atoms with Crippen LogP contribution in [0.5, 0.6) is 0 Å². The molecule has 0 aliphatic rings. The second-order valence-electron chi connectivity index (χ2n) is 5.24. The predicted octanol–water partition coefficient (Wildman–Crippen LogP) is 2.26. The summed E-state index contributed by atoms with van der Waals surface area (Å²) < 4.78 is 17.9. The molecular formula is C18H17FN2O4. The van der Waals surface area contributed by atoms with E-state index in [1.165, 1.54) is 25.1 Å². The first-order valence-electron chi connectivity index (χ1n) is 7.50. The fraction of sp³-hybridized carbons (Fsp3) is 0.167. The predicted molar refractivity (Wildman–Crippen MR) is 89.3 cm³/mol. The Kier molecular flexibility index (Phi) is 6.22. The molecule has 0 atom stereocenters. The summed E-state index contributed by atoms with van der Waals surface area (Å²) in [4.78, 5) is 34.5. The normalized spacial score (nSPS) is 10.0. The number of carbonyl (C=O) groups excluding carboxylic acids is 3. The second kappa shape index (κ2) is 8.58. The van der Waals surface area contributed by atoms with Gasteiger partial charge in [0.25, 0.3) is 5.91 Å². The third-order valence-electron chi connectivity index (χ3n) is 3.17. The van der Waals surface area contributed by atoms with Gasteiger partial charge in [-0.3, -0.25) is 9.59 Å². The largest absolute Gasteiger partial charge is 0.452 e. The zero-order chi connectivity index (χ0) is 18.2. The van der Waals surface area contributed by atoms with E-state index in [1.54, 1.807) is 24.3 Å². The van der Waals surface area contributed by atoms with Crippen LogP contribution in [0.15, 0.2) is 48.5 Å². The number of carbonyl (C=O) groups is 3. The van der Waals surface area contributed by atoms with E-state index in [1.807, 2.05) is 0 Å². The van der Waals surface area contributed by atoms with Crippen LogP contribution in [0.1, 0.15) is 22.8 Å². The highest BCUT2D eigenvalue weighted by molar-refractivity contribution is 5.95. The first kappa shape index (κ1) is 18.1. The van der Waals surface area contributed by atoms with Gasteiger partial charge in [-0.25, -0.2) is 9.18 Å². The molecule has 2 rings (SSSR count). The standard InChI is InChI=1S/C18H17FN2O4/c1-12(22)20-10-13-5-7-14(8-6-13)18(24)25-11-17(23)21-16-4-2-3-15(19)9-16/h2-9H,10-11H2,1H3,(H,20,22)(H,21,23). The van der Waals surface area contributed by atoms with Crippen LogP contribution in [0.3, 0.4) is 0 Å². The van der Waals surface area contributed by atoms with Crippen molar-refractivity contribution in [2.24, 2.45) is 0 Å². The molecule has 0 aliphatic carbocycles. The van der Waals surface area contributed by atoms with Crippen LogP contribution in [0.25, 0.3) is 0 Å². The van der Waals surface area contributed by atoms with Crippen molar-refractivity contribution in [2.45, 2.75) is 13.5 Å². The maximum absolute atomic E-state index is 13.0. The number of amides is 2. The number of halogens is 1. The summed E-state index contributed by atoms with van der Waals surface area (Å²) in [6.45, 7) is 1.30. The molecule has 2 aromatic rings. The Hall–Kier alpha value is -3.22. The molecule has 130 valence electrons. The molecule has 6 nitrogen and oxygen atoms in total. The average Bonchev–Trinajstić information content (AvgIpc) is 2.58. The lowest BCUT2D eigenvalue weighted by Gasteiger charge is -2.07. The first-order valence-corrected chi connectivity index (χ1v) is 7.50. The van der Waals surface area contributed by atoms with Gasteiger partial charge in [-0.05, 0) is 35.9 Å². The van der Waals surface area contributed by atoms with E-state index in [0.29, 0.717) is 6.54 Å². The van der Waals surface area contributed by atoms with E-state index in [9.17, 15) is 18.8 Å². The zero-order valence-electron chi connectivity index (χ0n) is 13.5. The van der Waals surface area contributed by atoms with E-state index in [4.69, 9.17) is 4.74 Å². The molecule has 0 bridgehead atoms. The summed E-state index contributed by atoms with van der Waals surface area (Å²) in [5.74, 6) is -1.84. The van der Waals surface area contributed by atoms with Gasteiger partial charge in [0.05, 0.1) is 5.56 Å². The van der Waals surface area contributed by atoms with Crippen LogP contribution < -0.4 is 10.6 Å². The number of benzene rings is 2. The molecular weight excluding hydrogens is 327 g/mol. The number of hydrogen-bond acceptors (Lipinski definition) is 4. The highest BCUT2D eigenvalue weighted by Crippen LogP contribution is 2.09. The lowest BCUT2D eigenvalue weighted by Crippen LogP contribution is -2.21. The van der Waals surface area contributed by atoms with Gasteiger partial charge in [0.2, 0.25) is 5.91 Å². The van der Waals surface area contributed by atoms with Crippen molar-refractivity contribution in [1.29, 1.82) is 0 Å². The maximum atomic E-state index is 13.0. The van der Waals surface area contributed by atoms with E-state index in [2.05, 4.69) is 10.6 Å². The number of rotatable bonds is 6. The van der Waals surface area contributed by atoms with Gasteiger partial charge in [-0.2, -0.15) is 0 Å². The Balaban J connectivity index is 1.83. The molecule has 2 aromatic carbocycles. The molecule has 0 heterocycles. The fourth-order valence-corrected chi connectivity index (χ4v) is 1.96. The van der Waals surface area contributed by atoms with Gasteiger partial charge in [0.15, 0.2) is 6.61 Å². The number of hydrogen-bond donors (Lipinski definition) is 2. The molecule has 0 aliphatic heterocycles. The molecule has 0 fully saturated rings. The van der Waals surface area contributed by atoms with Crippen LogP contribution in [-0.4, -0.2) is 24.4 Å². The van der Waals surface area contributed by atoms with E-state index < -0.39 is 24.3 Å². The summed E-state index contributed by atoms with van der Waals surface area (Å²) in [5.41, 5.74) is 1.39. The Labute approximate surface area is 144 Å². The van der Waals surface area contributed by atoms with Gasteiger partial charge in [-0.15, -0.1) is 0 Å². The van der Waals surface area contributed by atoms with Gasteiger partial charge < -0.3 is 15.4 Å². The third kappa shape index (κ3) is 6.06. The Morgan fingerprint density at radius 3 is 2.44 bits per heavy atom. The molecule has 0 saturated heterocycles. The molecule has 25 heavy (non-hydrogen) atoms. The van der Waals surface area contributed by atoms with Crippen LogP contribution in [-0.2, 0) is 20.9 Å². The molecule has 0 saturated carbocycles. The summed E-state index contributed by atoms with van der Waals surface area (Å²) in [5, 5.41) is 5.07. The molecule has 2 amide bonds. The molecule has 0 radical (unpaired) electrons. The number of esters is 1. The highest BCUT2D eigenvalue weighted by Gasteiger charge is 2.10. The summed E-state index contributed by atoms with van der Waals surface area (Å²) in [6, 6.07) is 11.8. The Morgan fingerprint density at radius 1 is 1.08 bits per heavy atom. The minimum Gasteiger partial charge on any atom is -0.452 e. The van der Waals surface area contributed by atoms with Gasteiger partial charge in [0, 0.05) is 19.2 Å². The Morgan fingerprint density at radius 2 is 1.80 bits per heavy atom. The smallest absolute Gasteiger partial charge is 0.338 e. The van der Waals surface area contributed by atoms with Gasteiger partial charge in [-0.1, -0.05) is 18.2 Å². The van der Waals surface area contributed by atoms with Crippen LogP contribution in [0.2, 0.25) is 0 Å². The first-order chi connectivity index (χ1) is 11.9. The number of ether oxygens (including phenoxy) is 1. The van der Waals surface area contributed by atoms with Crippen molar-refractivity contribution in [2.75, 3.05) is 11.9 Å². The fourth-order valence-electron chi connectivity index (χ4n) is 1.96. The highest BCUT2D eigenvalue weighted by atomic mass is 19.1. The second-order valence-corrected chi connectivity index (χ2v) is 5.24. The topological polar surface area (TPSA) is 84.5 Å². The van der Waals surface area contributed by atoms with E-state index in [0.717, 1.165) is 11.6 Å². The molecule has 0 aromatic heterocycles. The average molecular weight is 344 g/mol. The monoisotopic (exact) mass is 344 g/mol. The summed E-state index contributed by atoms with van der Waals surface area (Å²) >= 11 is 0. The number of anilines is 1. The minimum absolute atomic E-state index is 0.146. The minimum atomic E-state index is -0.652. The van der Waals surface area contributed by atoms with Crippen molar-refractivity contribution in [3.63, 3.8) is 0 Å². The van der Waals surface area contributed by atoms with Crippen molar-refractivity contribution in [3.8, 4) is 0 Å². The summed E-state index contributed by atoms with van der Waals surface area (Å²) in [7, 11) is 0. The van der Waals surface area contributed by atoms with Gasteiger partial charge in [0.1, 0.15) is 5.82 Å². The lowest BCUT2D eigenvalue weighted by atomic mass is 10.1. The molecule has 0 unspecified atom stereocenters. The van der Waals surface area contributed by atoms with Crippen molar-refractivity contribution < 1.29 is 23.5 Å². The Bertz CT molecular complexity index is 775. The van der Waals surface area contributed by atoms with E-state index in [-0.39, 0.29) is 17.2 Å². The van der Waals surface area contributed by atoms with Crippen molar-refractivity contribution >= 4 is 23.5 Å². The van der Waals surface area contributed by atoms with Crippen LogP contribution in [0.4, 0.5) is 10.1 Å². The van der Waals surface area contributed by atoms with Crippen LogP contribution >= 0.6 is 0 Å². The van der Waals surface area contributed by atoms with Crippen molar-refractivity contribution in [3.05, 3.63) is 65.5 Å². The SMILES string of the molecule is CC(=O)NCc1ccc(C(=O)OCC(=O)Nc2cccc(F)c2)cc1. The lowest BCUT2D eigenvalue weighted by molar-refractivity contribution is -0.119. The van der Waals surface area contributed by atoms with E-state index >= 15 is 0 Å². The number of nitrogens with one attached hydrogen (secondary N) is 2. The zero-order valence-corrected chi connectivity index (χ0v) is 13.5. The maximum Gasteiger partial charge on any atom is 0.338 e. The molecule has 2 N–H and O–H groups in total. The quantitative estimate of drug-likeness (QED) is 0.787. The van der Waals surface area contributed by atoms with Gasteiger partial charge >= 0.3 is 5.97 Å².